The van der Waals surface area contributed by atoms with Crippen molar-refractivity contribution in [2.75, 3.05) is 11.5 Å². The van der Waals surface area contributed by atoms with Crippen LogP contribution in [0.4, 0.5) is 8.78 Å². The van der Waals surface area contributed by atoms with Crippen molar-refractivity contribution in [3.05, 3.63) is 52.6 Å². The molecule has 3 aromatic rings. The molecule has 0 saturated carbocycles. The standard InChI is InChI=1S/C22H23F2N3O5S/c1-13(2)26-17-7-14(18(28)9-22(3)11-33(30,31)12-22)10-25-19(17)27(21(26)29)15-5-4-6-16(8-15)32-20(23)24/h4-8,10,13,20H,9,11-12H2,1-3H3. The van der Waals surface area contributed by atoms with Crippen LogP contribution in [-0.2, 0) is 9.84 Å². The summed E-state index contributed by atoms with van der Waals surface area (Å²) >= 11 is 0. The zero-order valence-corrected chi connectivity index (χ0v) is 19.1. The van der Waals surface area contributed by atoms with Crippen LogP contribution in [-0.4, -0.2) is 46.4 Å². The van der Waals surface area contributed by atoms with Crippen LogP contribution in [0.3, 0.4) is 0 Å². The second-order valence-corrected chi connectivity index (χ2v) is 11.0. The second kappa shape index (κ2) is 8.05. The summed E-state index contributed by atoms with van der Waals surface area (Å²) in [5, 5.41) is 0. The van der Waals surface area contributed by atoms with Gasteiger partial charge in [-0.1, -0.05) is 13.0 Å². The highest BCUT2D eigenvalue weighted by molar-refractivity contribution is 7.92. The average molecular weight is 480 g/mol. The van der Waals surface area contributed by atoms with Gasteiger partial charge in [0.05, 0.1) is 22.7 Å². The van der Waals surface area contributed by atoms with E-state index >= 15 is 0 Å². The Hall–Kier alpha value is -3.08. The topological polar surface area (TPSA) is 100 Å². The smallest absolute Gasteiger partial charge is 0.387 e. The minimum absolute atomic E-state index is 0.0362. The third-order valence-corrected chi connectivity index (χ3v) is 7.85. The predicted molar refractivity (Wildman–Crippen MR) is 118 cm³/mol. The molecule has 1 aromatic carbocycles. The number of benzene rings is 1. The van der Waals surface area contributed by atoms with E-state index in [4.69, 9.17) is 0 Å². The number of alkyl halides is 2. The maximum absolute atomic E-state index is 13.2. The number of nitrogens with zero attached hydrogens (tertiary/aromatic N) is 3. The number of imidazole rings is 1. The number of sulfone groups is 1. The Balaban J connectivity index is 1.78. The third-order valence-electron chi connectivity index (χ3n) is 5.58. The van der Waals surface area contributed by atoms with Gasteiger partial charge in [0.15, 0.2) is 21.3 Å². The van der Waals surface area contributed by atoms with Gasteiger partial charge in [-0.3, -0.25) is 9.36 Å². The van der Waals surface area contributed by atoms with Crippen LogP contribution in [0, 0.1) is 5.41 Å². The molecule has 3 heterocycles. The lowest BCUT2D eigenvalue weighted by molar-refractivity contribution is -0.0498. The summed E-state index contributed by atoms with van der Waals surface area (Å²) in [7, 11) is -3.09. The van der Waals surface area contributed by atoms with E-state index in [0.29, 0.717) is 11.2 Å². The van der Waals surface area contributed by atoms with Crippen LogP contribution >= 0.6 is 0 Å². The number of aromatic nitrogens is 3. The van der Waals surface area contributed by atoms with Crippen LogP contribution in [0.2, 0.25) is 0 Å². The highest BCUT2D eigenvalue weighted by Gasteiger charge is 2.45. The van der Waals surface area contributed by atoms with Gasteiger partial charge in [0.25, 0.3) is 0 Å². The lowest BCUT2D eigenvalue weighted by Gasteiger charge is -2.37. The van der Waals surface area contributed by atoms with Gasteiger partial charge < -0.3 is 4.74 Å². The molecule has 0 atom stereocenters. The zero-order chi connectivity index (χ0) is 24.1. The Morgan fingerprint density at radius 2 is 1.94 bits per heavy atom. The quantitative estimate of drug-likeness (QED) is 0.482. The van der Waals surface area contributed by atoms with Crippen molar-refractivity contribution < 1.29 is 26.7 Å². The van der Waals surface area contributed by atoms with Crippen LogP contribution in [0.15, 0.2) is 41.3 Å². The molecule has 1 fully saturated rings. The summed E-state index contributed by atoms with van der Waals surface area (Å²) in [6.45, 7) is 2.35. The fraction of sp³-hybridized carbons (Fsp3) is 0.409. The number of ketones is 1. The number of fused-ring (bicyclic) bond motifs is 1. The molecular weight excluding hydrogens is 456 g/mol. The molecule has 1 aliphatic rings. The SMILES string of the molecule is CC(C)n1c(=O)n(-c2cccc(OC(F)F)c2)c2ncc(C(=O)CC3(C)CS(=O)(=O)C3)cc21. The highest BCUT2D eigenvalue weighted by atomic mass is 32.2. The van der Waals surface area contributed by atoms with Gasteiger partial charge in [0, 0.05) is 35.7 Å². The lowest BCUT2D eigenvalue weighted by Crippen LogP contribution is -2.47. The molecule has 33 heavy (non-hydrogen) atoms. The molecule has 0 aliphatic carbocycles. The summed E-state index contributed by atoms with van der Waals surface area (Å²) in [5.74, 6) is -0.434. The van der Waals surface area contributed by atoms with E-state index in [1.165, 1.54) is 33.5 Å². The molecule has 0 spiro atoms. The summed E-state index contributed by atoms with van der Waals surface area (Å²) < 4.78 is 55.6. The van der Waals surface area contributed by atoms with E-state index in [1.807, 2.05) is 0 Å². The van der Waals surface area contributed by atoms with Crippen molar-refractivity contribution in [1.29, 1.82) is 0 Å². The van der Waals surface area contributed by atoms with Crippen molar-refractivity contribution in [2.24, 2.45) is 5.41 Å². The molecule has 8 nitrogen and oxygen atoms in total. The molecular formula is C22H23F2N3O5S. The van der Waals surface area contributed by atoms with Crippen molar-refractivity contribution in [2.45, 2.75) is 39.8 Å². The van der Waals surface area contributed by atoms with E-state index in [2.05, 4.69) is 9.72 Å². The average Bonchev–Trinajstić information content (AvgIpc) is 2.96. The first-order valence-electron chi connectivity index (χ1n) is 10.3. The number of carbonyl (C=O) groups excluding carboxylic acids is 1. The van der Waals surface area contributed by atoms with Crippen LogP contribution in [0.5, 0.6) is 5.75 Å². The van der Waals surface area contributed by atoms with Crippen molar-refractivity contribution in [1.82, 2.24) is 14.1 Å². The number of carbonyl (C=O) groups is 1. The van der Waals surface area contributed by atoms with Crippen LogP contribution in [0.1, 0.15) is 43.6 Å². The first-order chi connectivity index (χ1) is 15.4. The number of halogens is 2. The van der Waals surface area contributed by atoms with Crippen molar-refractivity contribution in [3.63, 3.8) is 0 Å². The lowest BCUT2D eigenvalue weighted by atomic mass is 9.86. The number of ether oxygens (including phenoxy) is 1. The largest absolute Gasteiger partial charge is 0.435 e. The minimum Gasteiger partial charge on any atom is -0.435 e. The Labute approximate surface area is 188 Å². The highest BCUT2D eigenvalue weighted by Crippen LogP contribution is 2.37. The van der Waals surface area contributed by atoms with Crippen LogP contribution in [0.25, 0.3) is 16.9 Å². The summed E-state index contributed by atoms with van der Waals surface area (Å²) in [6, 6.07) is 7.03. The van der Waals surface area contributed by atoms with Gasteiger partial charge in [-0.2, -0.15) is 8.78 Å². The predicted octanol–water partition coefficient (Wildman–Crippen LogP) is 3.38. The maximum atomic E-state index is 13.2. The first kappa shape index (κ1) is 23.1. The summed E-state index contributed by atoms with van der Waals surface area (Å²) in [5.41, 5.74) is 0.183. The number of hydrogen-bond acceptors (Lipinski definition) is 6. The van der Waals surface area contributed by atoms with Gasteiger partial charge >= 0.3 is 12.3 Å². The normalized spacial score (nSPS) is 16.8. The Morgan fingerprint density at radius 1 is 1.24 bits per heavy atom. The van der Waals surface area contributed by atoms with E-state index in [0.717, 1.165) is 0 Å². The monoisotopic (exact) mass is 479 g/mol. The first-order valence-corrected chi connectivity index (χ1v) is 12.1. The van der Waals surface area contributed by atoms with E-state index < -0.39 is 27.6 Å². The summed E-state index contributed by atoms with van der Waals surface area (Å²) in [6.07, 6.45) is 1.40. The Bertz CT molecular complexity index is 1400. The van der Waals surface area contributed by atoms with Crippen molar-refractivity contribution in [3.8, 4) is 11.4 Å². The molecule has 0 amide bonds. The van der Waals surface area contributed by atoms with E-state index in [-0.39, 0.29) is 46.7 Å². The Morgan fingerprint density at radius 3 is 2.55 bits per heavy atom. The van der Waals surface area contributed by atoms with Gasteiger partial charge in [-0.25, -0.2) is 22.8 Å². The molecule has 1 saturated heterocycles. The Kier molecular flexibility index (Phi) is 5.63. The van der Waals surface area contributed by atoms with Gasteiger partial charge in [0.2, 0.25) is 0 Å². The molecule has 0 radical (unpaired) electrons. The number of Topliss-reactive ketones (excluding diaryl/α,β-unsaturated/α-hetero) is 1. The van der Waals surface area contributed by atoms with Crippen molar-refractivity contribution >= 4 is 26.8 Å². The second-order valence-electron chi connectivity index (χ2n) is 8.97. The zero-order valence-electron chi connectivity index (χ0n) is 18.3. The van der Waals surface area contributed by atoms with E-state index in [1.54, 1.807) is 32.9 Å². The number of pyridine rings is 1. The van der Waals surface area contributed by atoms with Crippen LogP contribution < -0.4 is 10.4 Å². The molecule has 4 rings (SSSR count). The number of hydrogen-bond donors (Lipinski definition) is 0. The fourth-order valence-corrected chi connectivity index (χ4v) is 6.63. The molecule has 2 aromatic heterocycles. The molecule has 0 N–H and O–H groups in total. The number of rotatable bonds is 7. The molecule has 0 unspecified atom stereocenters. The summed E-state index contributed by atoms with van der Waals surface area (Å²) in [4.78, 5) is 30.5. The molecule has 0 bridgehead atoms. The minimum atomic E-state index is -3.09. The van der Waals surface area contributed by atoms with Gasteiger partial charge in [-0.15, -0.1) is 0 Å². The molecule has 1 aliphatic heterocycles. The molecule has 11 heteroatoms. The van der Waals surface area contributed by atoms with Gasteiger partial charge in [0.1, 0.15) is 5.75 Å². The maximum Gasteiger partial charge on any atom is 0.387 e. The molecule has 176 valence electrons. The van der Waals surface area contributed by atoms with Gasteiger partial charge in [-0.05, 0) is 32.0 Å². The third kappa shape index (κ3) is 4.41. The van der Waals surface area contributed by atoms with E-state index in [9.17, 15) is 26.8 Å². The fourth-order valence-electron chi connectivity index (χ4n) is 4.39.